The molecule has 0 radical (unpaired) electrons. The third kappa shape index (κ3) is 1.52. The molecule has 0 saturated carbocycles. The van der Waals surface area contributed by atoms with Crippen LogP contribution in [0.15, 0.2) is 36.8 Å². The Morgan fingerprint density at radius 1 is 1.24 bits per heavy atom. The Balaban J connectivity index is 2.31. The smallest absolute Gasteiger partial charge is 0.179 e. The summed E-state index contributed by atoms with van der Waals surface area (Å²) in [6.45, 7) is 2.02. The zero-order valence-electron chi connectivity index (χ0n) is 9.33. The van der Waals surface area contributed by atoms with E-state index in [0.29, 0.717) is 0 Å². The first kappa shape index (κ1) is 9.77. The van der Waals surface area contributed by atoms with Crippen LogP contribution in [0.3, 0.4) is 0 Å². The molecule has 3 rings (SSSR count). The van der Waals surface area contributed by atoms with Crippen molar-refractivity contribution in [3.8, 4) is 11.4 Å². The van der Waals surface area contributed by atoms with Crippen LogP contribution in [-0.4, -0.2) is 19.6 Å². The Bertz CT molecular complexity index is 686. The molecule has 0 fully saturated rings. The van der Waals surface area contributed by atoms with Gasteiger partial charge in [-0.25, -0.2) is 0 Å². The highest BCUT2D eigenvalue weighted by atomic mass is 15.2. The lowest BCUT2D eigenvalue weighted by Gasteiger charge is -2.04. The number of aryl methyl sites for hydroxylation is 1. The molecule has 84 valence electrons. The number of rotatable bonds is 1. The Morgan fingerprint density at radius 2 is 2.12 bits per heavy atom. The van der Waals surface area contributed by atoms with Crippen LogP contribution in [0, 0.1) is 6.92 Å². The number of hydrogen-bond donors (Lipinski definition) is 1. The fraction of sp³-hybridized carbons (Fsp3) is 0.0833. The van der Waals surface area contributed by atoms with Crippen LogP contribution in [0.5, 0.6) is 0 Å². The number of fused-ring (bicyclic) bond motifs is 1. The van der Waals surface area contributed by atoms with E-state index in [1.165, 1.54) is 0 Å². The van der Waals surface area contributed by atoms with Crippen molar-refractivity contribution in [2.75, 3.05) is 5.73 Å². The third-order valence-electron chi connectivity index (χ3n) is 2.72. The largest absolute Gasteiger partial charge is 0.399 e. The molecule has 0 unspecified atom stereocenters. The number of anilines is 1. The van der Waals surface area contributed by atoms with Crippen molar-refractivity contribution in [2.45, 2.75) is 6.92 Å². The van der Waals surface area contributed by atoms with Gasteiger partial charge < -0.3 is 5.73 Å². The van der Waals surface area contributed by atoms with E-state index in [1.54, 1.807) is 12.4 Å². The maximum absolute atomic E-state index is 5.81. The van der Waals surface area contributed by atoms with Crippen molar-refractivity contribution in [1.82, 2.24) is 19.6 Å². The lowest BCUT2D eigenvalue weighted by Crippen LogP contribution is -1.94. The molecule has 0 saturated heterocycles. The molecule has 0 spiro atoms. The van der Waals surface area contributed by atoms with E-state index in [4.69, 9.17) is 5.73 Å². The highest BCUT2D eigenvalue weighted by molar-refractivity contribution is 5.67. The van der Waals surface area contributed by atoms with Crippen molar-refractivity contribution < 1.29 is 0 Å². The maximum Gasteiger partial charge on any atom is 0.179 e. The molecule has 0 aliphatic heterocycles. The fourth-order valence-electron chi connectivity index (χ4n) is 1.82. The van der Waals surface area contributed by atoms with E-state index < -0.39 is 0 Å². The van der Waals surface area contributed by atoms with Crippen molar-refractivity contribution in [1.29, 1.82) is 0 Å². The van der Waals surface area contributed by atoms with Crippen molar-refractivity contribution >= 4 is 11.3 Å². The summed E-state index contributed by atoms with van der Waals surface area (Å²) >= 11 is 0. The molecular formula is C12H11N5. The molecular weight excluding hydrogens is 214 g/mol. The predicted octanol–water partition coefficient (Wildman–Crippen LogP) is 1.68. The summed E-state index contributed by atoms with van der Waals surface area (Å²) in [5.74, 6) is 0.784. The Labute approximate surface area is 97.9 Å². The van der Waals surface area contributed by atoms with Crippen LogP contribution < -0.4 is 5.73 Å². The molecule has 0 aliphatic carbocycles. The van der Waals surface area contributed by atoms with Crippen LogP contribution >= 0.6 is 0 Å². The molecule has 2 N–H and O–H groups in total. The molecule has 0 amide bonds. The van der Waals surface area contributed by atoms with Gasteiger partial charge in [-0.3, -0.25) is 9.38 Å². The van der Waals surface area contributed by atoms with Crippen LogP contribution in [0.1, 0.15) is 5.56 Å². The minimum Gasteiger partial charge on any atom is -0.399 e. The summed E-state index contributed by atoms with van der Waals surface area (Å²) in [4.78, 5) is 4.01. The summed E-state index contributed by atoms with van der Waals surface area (Å²) < 4.78 is 1.90. The molecule has 17 heavy (non-hydrogen) atoms. The van der Waals surface area contributed by atoms with Crippen LogP contribution in [0.25, 0.3) is 17.0 Å². The van der Waals surface area contributed by atoms with Crippen molar-refractivity contribution in [3.63, 3.8) is 0 Å². The fourth-order valence-corrected chi connectivity index (χ4v) is 1.82. The number of benzene rings is 1. The van der Waals surface area contributed by atoms with Gasteiger partial charge in [0.05, 0.1) is 6.20 Å². The summed E-state index contributed by atoms with van der Waals surface area (Å²) in [5.41, 5.74) is 9.36. The highest BCUT2D eigenvalue weighted by Gasteiger charge is 2.10. The van der Waals surface area contributed by atoms with Gasteiger partial charge in [-0.2, -0.15) is 0 Å². The first-order valence-electron chi connectivity index (χ1n) is 5.27. The first-order valence-corrected chi connectivity index (χ1v) is 5.27. The van der Waals surface area contributed by atoms with Crippen LogP contribution in [0.2, 0.25) is 0 Å². The topological polar surface area (TPSA) is 69.1 Å². The number of nitrogens with zero attached hydrogens (tertiary/aromatic N) is 4. The summed E-state index contributed by atoms with van der Waals surface area (Å²) in [5, 5.41) is 8.26. The Kier molecular flexibility index (Phi) is 2.04. The van der Waals surface area contributed by atoms with E-state index in [-0.39, 0.29) is 0 Å². The number of hydrogen-bond acceptors (Lipinski definition) is 4. The number of nitrogens with two attached hydrogens (primary N) is 1. The van der Waals surface area contributed by atoms with E-state index in [1.807, 2.05) is 35.7 Å². The quantitative estimate of drug-likeness (QED) is 0.640. The van der Waals surface area contributed by atoms with Gasteiger partial charge >= 0.3 is 0 Å². The second kappa shape index (κ2) is 3.55. The van der Waals surface area contributed by atoms with Crippen LogP contribution in [0.4, 0.5) is 5.69 Å². The summed E-state index contributed by atoms with van der Waals surface area (Å²) in [6.07, 6.45) is 5.23. The predicted molar refractivity (Wildman–Crippen MR) is 65.4 cm³/mol. The van der Waals surface area contributed by atoms with Crippen molar-refractivity contribution in [2.24, 2.45) is 0 Å². The molecule has 1 aromatic carbocycles. The monoisotopic (exact) mass is 225 g/mol. The molecule has 2 aromatic heterocycles. The minimum absolute atomic E-state index is 0.719. The molecule has 0 aliphatic rings. The zero-order valence-corrected chi connectivity index (χ0v) is 9.33. The zero-order chi connectivity index (χ0) is 11.8. The van der Waals surface area contributed by atoms with Crippen molar-refractivity contribution in [3.05, 3.63) is 42.4 Å². The van der Waals surface area contributed by atoms with Gasteiger partial charge in [-0.15, -0.1) is 10.2 Å². The number of nitrogen functional groups attached to an aromatic ring is 1. The molecule has 0 atom stereocenters. The maximum atomic E-state index is 5.81. The van der Waals surface area contributed by atoms with Gasteiger partial charge in [0, 0.05) is 23.6 Å². The van der Waals surface area contributed by atoms with Gasteiger partial charge in [0.1, 0.15) is 0 Å². The molecule has 5 nitrogen and oxygen atoms in total. The van der Waals surface area contributed by atoms with Gasteiger partial charge in [-0.1, -0.05) is 6.07 Å². The van der Waals surface area contributed by atoms with E-state index in [0.717, 1.165) is 28.3 Å². The van der Waals surface area contributed by atoms with Gasteiger partial charge in [0.2, 0.25) is 0 Å². The third-order valence-corrected chi connectivity index (χ3v) is 2.72. The molecule has 3 aromatic rings. The van der Waals surface area contributed by atoms with Crippen LogP contribution in [-0.2, 0) is 0 Å². The minimum atomic E-state index is 0.719. The highest BCUT2D eigenvalue weighted by Crippen LogP contribution is 2.24. The second-order valence-electron chi connectivity index (χ2n) is 3.90. The SMILES string of the molecule is Cc1ccc(N)cc1-c1nnc2cnccn12. The molecule has 5 heteroatoms. The lowest BCUT2D eigenvalue weighted by molar-refractivity contribution is 1.10. The summed E-state index contributed by atoms with van der Waals surface area (Å²) in [6, 6.07) is 5.77. The molecule has 0 bridgehead atoms. The van der Waals surface area contributed by atoms with E-state index in [2.05, 4.69) is 15.2 Å². The molecule has 2 heterocycles. The van der Waals surface area contributed by atoms with Gasteiger partial charge in [0.15, 0.2) is 11.5 Å². The van der Waals surface area contributed by atoms with E-state index in [9.17, 15) is 0 Å². The lowest BCUT2D eigenvalue weighted by atomic mass is 10.1. The number of aromatic nitrogens is 4. The summed E-state index contributed by atoms with van der Waals surface area (Å²) in [7, 11) is 0. The average Bonchev–Trinajstić information content (AvgIpc) is 2.76. The Hall–Kier alpha value is -2.43. The standard InChI is InChI=1S/C12H11N5/c1-8-2-3-9(13)6-10(8)12-16-15-11-7-14-4-5-17(11)12/h2-7H,13H2,1H3. The van der Waals surface area contributed by atoms with Gasteiger partial charge in [0.25, 0.3) is 0 Å². The Morgan fingerprint density at radius 3 is 3.00 bits per heavy atom. The second-order valence-corrected chi connectivity index (χ2v) is 3.90. The average molecular weight is 225 g/mol. The normalized spacial score (nSPS) is 10.9. The van der Waals surface area contributed by atoms with E-state index >= 15 is 0 Å². The van der Waals surface area contributed by atoms with Gasteiger partial charge in [-0.05, 0) is 24.6 Å². The first-order chi connectivity index (χ1) is 8.25.